The molecule has 4 aromatic carbocycles. The van der Waals surface area contributed by atoms with E-state index in [9.17, 15) is 0 Å². The number of rotatable bonds is 32. The molecular formula is C52H72Br2O6S. The van der Waals surface area contributed by atoms with Gasteiger partial charge in [-0.2, -0.15) is 0 Å². The quantitative estimate of drug-likeness (QED) is 0.0316. The van der Waals surface area contributed by atoms with Gasteiger partial charge in [-0.15, -0.1) is 11.3 Å². The molecule has 0 saturated heterocycles. The van der Waals surface area contributed by atoms with Gasteiger partial charge in [0.05, 0.1) is 47.2 Å². The van der Waals surface area contributed by atoms with E-state index in [0.717, 1.165) is 189 Å². The van der Waals surface area contributed by atoms with Gasteiger partial charge >= 0.3 is 0 Å². The minimum Gasteiger partial charge on any atom is -0.490 e. The van der Waals surface area contributed by atoms with Gasteiger partial charge in [0.15, 0.2) is 34.5 Å². The molecule has 0 fully saturated rings. The van der Waals surface area contributed by atoms with Gasteiger partial charge in [0.2, 0.25) is 0 Å². The molecule has 61 heavy (non-hydrogen) atoms. The fraction of sp³-hybridized carbons (Fsp3) is 0.577. The maximum atomic E-state index is 6.71. The number of fused-ring (bicyclic) bond motifs is 6. The maximum Gasteiger partial charge on any atom is 0.161 e. The Kier molecular flexibility index (Phi) is 22.0. The highest BCUT2D eigenvalue weighted by Gasteiger charge is 2.21. The lowest BCUT2D eigenvalue weighted by molar-refractivity contribution is 0.259. The van der Waals surface area contributed by atoms with Crippen molar-refractivity contribution < 1.29 is 28.4 Å². The molecule has 0 atom stereocenters. The molecule has 0 spiro atoms. The topological polar surface area (TPSA) is 55.4 Å². The van der Waals surface area contributed by atoms with Gasteiger partial charge in [0.1, 0.15) is 0 Å². The molecule has 0 amide bonds. The minimum absolute atomic E-state index is 0.618. The Morgan fingerprint density at radius 1 is 0.344 bits per heavy atom. The SMILES string of the molecule is CCCCCOc1cc2c3cc(OCCCCC)c(OCCCCC)cc3c3cc(OCCCCCc4cc(Br)sc4Br)c(OCCCCC)cc3c2cc1OCCCCC. The summed E-state index contributed by atoms with van der Waals surface area (Å²) in [4.78, 5) is 0. The average molecular weight is 985 g/mol. The Bertz CT molecular complexity index is 2010. The van der Waals surface area contributed by atoms with Gasteiger partial charge in [0.25, 0.3) is 0 Å². The van der Waals surface area contributed by atoms with Crippen LogP contribution in [0.25, 0.3) is 32.3 Å². The summed E-state index contributed by atoms with van der Waals surface area (Å²) in [5, 5.41) is 6.57. The number of unbranched alkanes of at least 4 members (excludes halogenated alkanes) is 12. The van der Waals surface area contributed by atoms with E-state index < -0.39 is 0 Å². The van der Waals surface area contributed by atoms with Crippen LogP contribution in [0.15, 0.2) is 50.0 Å². The molecule has 0 saturated carbocycles. The van der Waals surface area contributed by atoms with E-state index >= 15 is 0 Å². The lowest BCUT2D eigenvalue weighted by Gasteiger charge is -2.21. The summed E-state index contributed by atoms with van der Waals surface area (Å²) in [7, 11) is 0. The molecule has 0 aliphatic carbocycles. The molecule has 0 aliphatic heterocycles. The molecule has 1 aromatic heterocycles. The van der Waals surface area contributed by atoms with Crippen LogP contribution >= 0.6 is 43.2 Å². The first-order valence-electron chi connectivity index (χ1n) is 23.7. The highest BCUT2D eigenvalue weighted by molar-refractivity contribution is 9.12. The molecule has 5 aromatic rings. The van der Waals surface area contributed by atoms with E-state index in [1.807, 2.05) is 0 Å². The van der Waals surface area contributed by atoms with Crippen molar-refractivity contribution >= 4 is 75.5 Å². The first-order chi connectivity index (χ1) is 29.9. The van der Waals surface area contributed by atoms with E-state index in [1.54, 1.807) is 11.3 Å². The maximum absolute atomic E-state index is 6.71. The lowest BCUT2D eigenvalue weighted by Crippen LogP contribution is -2.05. The molecule has 9 heteroatoms. The van der Waals surface area contributed by atoms with Crippen molar-refractivity contribution in [1.82, 2.24) is 0 Å². The normalized spacial score (nSPS) is 11.5. The van der Waals surface area contributed by atoms with Crippen molar-refractivity contribution in [3.63, 3.8) is 0 Å². The highest BCUT2D eigenvalue weighted by Crippen LogP contribution is 2.47. The van der Waals surface area contributed by atoms with Gasteiger partial charge < -0.3 is 28.4 Å². The predicted molar refractivity (Wildman–Crippen MR) is 267 cm³/mol. The Labute approximate surface area is 388 Å². The third-order valence-corrected chi connectivity index (χ3v) is 13.7. The monoisotopic (exact) mass is 982 g/mol. The minimum atomic E-state index is 0.618. The molecule has 0 radical (unpaired) electrons. The summed E-state index contributed by atoms with van der Waals surface area (Å²) in [5.74, 6) is 4.74. The average Bonchev–Trinajstić information content (AvgIpc) is 3.59. The first-order valence-corrected chi connectivity index (χ1v) is 26.1. The fourth-order valence-electron chi connectivity index (χ4n) is 7.69. The second kappa shape index (κ2) is 27.3. The highest BCUT2D eigenvalue weighted by atomic mass is 79.9. The summed E-state index contributed by atoms with van der Waals surface area (Å²) in [5.41, 5.74) is 1.36. The van der Waals surface area contributed by atoms with E-state index in [1.165, 1.54) is 13.1 Å². The van der Waals surface area contributed by atoms with Gasteiger partial charge in [0, 0.05) is 0 Å². The second-order valence-corrected chi connectivity index (χ2v) is 20.1. The number of aryl methyl sites for hydroxylation is 1. The largest absolute Gasteiger partial charge is 0.490 e. The molecule has 0 aliphatic rings. The lowest BCUT2D eigenvalue weighted by atomic mass is 9.93. The molecule has 336 valence electrons. The first kappa shape index (κ1) is 49.1. The van der Waals surface area contributed by atoms with Gasteiger partial charge in [-0.25, -0.2) is 0 Å². The van der Waals surface area contributed by atoms with Crippen LogP contribution in [0.1, 0.15) is 156 Å². The van der Waals surface area contributed by atoms with Crippen molar-refractivity contribution in [2.45, 2.75) is 157 Å². The predicted octanol–water partition coefficient (Wildman–Crippen LogP) is 17.4. The van der Waals surface area contributed by atoms with E-state index in [0.29, 0.717) is 39.6 Å². The van der Waals surface area contributed by atoms with E-state index in [2.05, 4.69) is 109 Å². The number of benzene rings is 4. The van der Waals surface area contributed by atoms with Crippen LogP contribution in [0.4, 0.5) is 0 Å². The molecule has 0 bridgehead atoms. The summed E-state index contributed by atoms with van der Waals surface area (Å²) in [6.07, 6.45) is 20.5. The van der Waals surface area contributed by atoms with Crippen LogP contribution in [0.3, 0.4) is 0 Å². The van der Waals surface area contributed by atoms with Crippen molar-refractivity contribution in [2.75, 3.05) is 39.6 Å². The van der Waals surface area contributed by atoms with Crippen molar-refractivity contribution in [3.8, 4) is 34.5 Å². The fourth-order valence-corrected chi connectivity index (χ4v) is 10.6. The van der Waals surface area contributed by atoms with Crippen LogP contribution in [0, 0.1) is 0 Å². The van der Waals surface area contributed by atoms with Crippen LogP contribution < -0.4 is 28.4 Å². The Morgan fingerprint density at radius 2 is 0.607 bits per heavy atom. The summed E-state index contributed by atoms with van der Waals surface area (Å²) >= 11 is 9.09. The molecule has 0 unspecified atom stereocenters. The number of hydrogen-bond donors (Lipinski definition) is 0. The smallest absolute Gasteiger partial charge is 0.161 e. The van der Waals surface area contributed by atoms with Crippen LogP contribution in [-0.4, -0.2) is 39.6 Å². The zero-order valence-electron chi connectivity index (χ0n) is 37.8. The number of hydrogen-bond acceptors (Lipinski definition) is 7. The zero-order chi connectivity index (χ0) is 43.2. The van der Waals surface area contributed by atoms with E-state index in [4.69, 9.17) is 28.4 Å². The number of thiophene rings is 1. The Morgan fingerprint density at radius 3 is 0.836 bits per heavy atom. The van der Waals surface area contributed by atoms with Gasteiger partial charge in [-0.3, -0.25) is 0 Å². The molecule has 6 nitrogen and oxygen atoms in total. The van der Waals surface area contributed by atoms with Crippen molar-refractivity contribution in [3.05, 3.63) is 55.6 Å². The second-order valence-electron chi connectivity index (χ2n) is 16.3. The summed E-state index contributed by atoms with van der Waals surface area (Å²) in [6.45, 7) is 15.0. The van der Waals surface area contributed by atoms with E-state index in [-0.39, 0.29) is 0 Å². The van der Waals surface area contributed by atoms with Crippen LogP contribution in [-0.2, 0) is 6.42 Å². The van der Waals surface area contributed by atoms with Crippen molar-refractivity contribution in [1.29, 1.82) is 0 Å². The molecule has 0 N–H and O–H groups in total. The number of ether oxygens (including phenoxy) is 6. The Balaban J connectivity index is 1.64. The zero-order valence-corrected chi connectivity index (χ0v) is 41.8. The third-order valence-electron chi connectivity index (χ3n) is 11.2. The molecular weight excluding hydrogens is 912 g/mol. The molecule has 1 heterocycles. The standard InChI is InChI=1S/C52H72Br2O6S/c1-6-11-18-25-55-45-32-39-40-33-46(56-26-19-12-7-2)48(58-28-21-14-9-4)35-42(40)44-37-50(60-30-23-16-17-24-38-31-51(53)61-52(38)54)49(59-29-22-15-10-5)36-43(44)41(39)34-47(45)57-27-20-13-8-3/h31-37H,6-30H2,1-5H3. The van der Waals surface area contributed by atoms with Crippen LogP contribution in [0.5, 0.6) is 34.5 Å². The summed E-state index contributed by atoms with van der Waals surface area (Å²) in [6, 6.07) is 15.5. The Hall–Kier alpha value is -2.88. The third kappa shape index (κ3) is 14.8. The van der Waals surface area contributed by atoms with Crippen molar-refractivity contribution in [2.24, 2.45) is 0 Å². The summed E-state index contributed by atoms with van der Waals surface area (Å²) < 4.78 is 42.1. The number of halogens is 2. The molecule has 5 rings (SSSR count). The van der Waals surface area contributed by atoms with Crippen LogP contribution in [0.2, 0.25) is 0 Å². The van der Waals surface area contributed by atoms with Gasteiger partial charge in [-0.1, -0.05) is 98.8 Å². The van der Waals surface area contributed by atoms with Gasteiger partial charge in [-0.05, 0) is 170 Å².